The van der Waals surface area contributed by atoms with Crippen LogP contribution in [0.25, 0.3) is 11.4 Å². The zero-order valence-electron chi connectivity index (χ0n) is 10.5. The van der Waals surface area contributed by atoms with Crippen LogP contribution in [-0.4, -0.2) is 22.5 Å². The average molecular weight is 321 g/mol. The largest absolute Gasteiger partial charge is 0.461 e. The van der Waals surface area contributed by atoms with Gasteiger partial charge in [-0.3, -0.25) is 4.98 Å². The van der Waals surface area contributed by atoms with Crippen LogP contribution >= 0.6 is 15.9 Å². The highest BCUT2D eigenvalue weighted by Crippen LogP contribution is 2.16. The second kappa shape index (κ2) is 6.43. The number of nitrogens with zero attached hydrogens (tertiary/aromatic N) is 2. The second-order valence-corrected chi connectivity index (χ2v) is 4.37. The van der Waals surface area contributed by atoms with Crippen molar-refractivity contribution in [1.82, 2.24) is 9.97 Å². The molecule has 0 N–H and O–H groups in total. The summed E-state index contributed by atoms with van der Waals surface area (Å²) in [5.41, 5.74) is 2.78. The summed E-state index contributed by atoms with van der Waals surface area (Å²) in [7, 11) is 0. The first-order valence-corrected chi connectivity index (χ1v) is 7.02. The summed E-state index contributed by atoms with van der Waals surface area (Å²) in [5, 5.41) is 0.760. The molecule has 0 spiro atoms. The molecule has 0 atom stereocenters. The van der Waals surface area contributed by atoms with E-state index in [9.17, 15) is 4.79 Å². The maximum atomic E-state index is 11.6. The summed E-state index contributed by atoms with van der Waals surface area (Å²) in [4.78, 5) is 20.2. The highest BCUT2D eigenvalue weighted by molar-refractivity contribution is 9.08. The second-order valence-electron chi connectivity index (χ2n) is 3.81. The molecule has 98 valence electrons. The van der Waals surface area contributed by atoms with Crippen molar-refractivity contribution in [1.29, 1.82) is 0 Å². The van der Waals surface area contributed by atoms with Crippen molar-refractivity contribution < 1.29 is 9.53 Å². The first-order chi connectivity index (χ1) is 9.24. The van der Waals surface area contributed by atoms with Crippen LogP contribution in [0.4, 0.5) is 0 Å². The molecule has 0 aliphatic heterocycles. The van der Waals surface area contributed by atoms with Gasteiger partial charge in [0.25, 0.3) is 0 Å². The fourth-order valence-corrected chi connectivity index (χ4v) is 1.88. The molecular weight excluding hydrogens is 308 g/mol. The molecule has 2 rings (SSSR count). The zero-order chi connectivity index (χ0) is 13.7. The molecule has 0 fully saturated rings. The van der Waals surface area contributed by atoms with Gasteiger partial charge in [0.1, 0.15) is 5.69 Å². The molecule has 0 saturated carbocycles. The Balaban J connectivity index is 2.29. The van der Waals surface area contributed by atoms with E-state index >= 15 is 0 Å². The van der Waals surface area contributed by atoms with E-state index in [-0.39, 0.29) is 0 Å². The minimum atomic E-state index is -0.415. The van der Waals surface area contributed by atoms with E-state index in [0.29, 0.717) is 18.0 Å². The average Bonchev–Trinajstić information content (AvgIpc) is 2.48. The number of alkyl halides is 1. The normalized spacial score (nSPS) is 10.2. The van der Waals surface area contributed by atoms with E-state index in [2.05, 4.69) is 25.9 Å². The van der Waals surface area contributed by atoms with Gasteiger partial charge in [-0.1, -0.05) is 28.1 Å². The van der Waals surface area contributed by atoms with Gasteiger partial charge in [-0.05, 0) is 30.7 Å². The molecule has 0 amide bonds. The standard InChI is InChI=1S/C14H13BrN2O2/c1-2-19-14(18)13-5-3-4-12(17-13)11-7-6-10(8-15)9-16-11/h3-7,9H,2,8H2,1H3. The third-order valence-electron chi connectivity index (χ3n) is 2.48. The molecule has 0 saturated heterocycles. The van der Waals surface area contributed by atoms with E-state index in [1.54, 1.807) is 25.3 Å². The Morgan fingerprint density at radius 2 is 2.11 bits per heavy atom. The van der Waals surface area contributed by atoms with Crippen molar-refractivity contribution >= 4 is 21.9 Å². The van der Waals surface area contributed by atoms with Crippen molar-refractivity contribution in [2.75, 3.05) is 6.61 Å². The van der Waals surface area contributed by atoms with Gasteiger partial charge in [-0.15, -0.1) is 0 Å². The summed E-state index contributed by atoms with van der Waals surface area (Å²) in [6.45, 7) is 2.10. The van der Waals surface area contributed by atoms with Crippen molar-refractivity contribution in [3.05, 3.63) is 47.8 Å². The lowest BCUT2D eigenvalue weighted by Gasteiger charge is -2.04. The van der Waals surface area contributed by atoms with Crippen LogP contribution in [0.2, 0.25) is 0 Å². The van der Waals surface area contributed by atoms with Gasteiger partial charge in [-0.2, -0.15) is 0 Å². The van der Waals surface area contributed by atoms with E-state index in [1.807, 2.05) is 18.2 Å². The van der Waals surface area contributed by atoms with Gasteiger partial charge in [-0.25, -0.2) is 9.78 Å². The Morgan fingerprint density at radius 3 is 2.74 bits per heavy atom. The van der Waals surface area contributed by atoms with Crippen LogP contribution in [0.15, 0.2) is 36.5 Å². The molecule has 19 heavy (non-hydrogen) atoms. The van der Waals surface area contributed by atoms with Crippen molar-refractivity contribution in [2.24, 2.45) is 0 Å². The van der Waals surface area contributed by atoms with Crippen molar-refractivity contribution in [2.45, 2.75) is 12.3 Å². The van der Waals surface area contributed by atoms with E-state index in [1.165, 1.54) is 0 Å². The van der Waals surface area contributed by atoms with Gasteiger partial charge in [0, 0.05) is 11.5 Å². The Bertz CT molecular complexity index is 570. The summed E-state index contributed by atoms with van der Waals surface area (Å²) in [6.07, 6.45) is 1.78. The van der Waals surface area contributed by atoms with E-state index in [4.69, 9.17) is 4.74 Å². The summed E-state index contributed by atoms with van der Waals surface area (Å²) >= 11 is 3.37. The first kappa shape index (κ1) is 13.7. The third-order valence-corrected chi connectivity index (χ3v) is 3.12. The smallest absolute Gasteiger partial charge is 0.356 e. The molecule has 2 aromatic rings. The number of carbonyl (C=O) groups excluding carboxylic acids is 1. The SMILES string of the molecule is CCOC(=O)c1cccc(-c2ccc(CBr)cn2)n1. The summed E-state index contributed by atoms with van der Waals surface area (Å²) < 4.78 is 4.93. The number of ether oxygens (including phenoxy) is 1. The van der Waals surface area contributed by atoms with Crippen molar-refractivity contribution in [3.8, 4) is 11.4 Å². The maximum absolute atomic E-state index is 11.6. The van der Waals surface area contributed by atoms with Gasteiger partial charge >= 0.3 is 5.97 Å². The van der Waals surface area contributed by atoms with E-state index in [0.717, 1.165) is 16.6 Å². The number of aromatic nitrogens is 2. The van der Waals surface area contributed by atoms with E-state index < -0.39 is 5.97 Å². The maximum Gasteiger partial charge on any atom is 0.356 e. The molecule has 2 heterocycles. The zero-order valence-corrected chi connectivity index (χ0v) is 12.1. The van der Waals surface area contributed by atoms with Crippen LogP contribution in [0.1, 0.15) is 23.0 Å². The lowest BCUT2D eigenvalue weighted by molar-refractivity contribution is 0.0519. The molecule has 5 heteroatoms. The number of rotatable bonds is 4. The van der Waals surface area contributed by atoms with Gasteiger partial charge < -0.3 is 4.74 Å². The number of hydrogen-bond acceptors (Lipinski definition) is 4. The minimum absolute atomic E-state index is 0.297. The number of carbonyl (C=O) groups is 1. The molecule has 2 aromatic heterocycles. The Morgan fingerprint density at radius 1 is 1.26 bits per heavy atom. The molecule has 0 bridgehead atoms. The van der Waals surface area contributed by atoms with Crippen LogP contribution in [-0.2, 0) is 10.1 Å². The Kier molecular flexibility index (Phi) is 4.63. The molecule has 0 aliphatic carbocycles. The van der Waals surface area contributed by atoms with Crippen LogP contribution in [0.3, 0.4) is 0 Å². The Labute approximate surface area is 120 Å². The number of esters is 1. The predicted molar refractivity (Wildman–Crippen MR) is 76.1 cm³/mol. The lowest BCUT2D eigenvalue weighted by Crippen LogP contribution is -2.07. The number of halogens is 1. The highest BCUT2D eigenvalue weighted by Gasteiger charge is 2.10. The summed E-state index contributed by atoms with van der Waals surface area (Å²) in [6, 6.07) is 9.07. The fraction of sp³-hybridized carbons (Fsp3) is 0.214. The monoisotopic (exact) mass is 320 g/mol. The molecule has 4 nitrogen and oxygen atoms in total. The third kappa shape index (κ3) is 3.38. The van der Waals surface area contributed by atoms with Gasteiger partial charge in [0.05, 0.1) is 18.0 Å². The topological polar surface area (TPSA) is 52.1 Å². The molecule has 0 unspecified atom stereocenters. The number of hydrogen-bond donors (Lipinski definition) is 0. The minimum Gasteiger partial charge on any atom is -0.461 e. The molecular formula is C14H13BrN2O2. The van der Waals surface area contributed by atoms with Crippen LogP contribution < -0.4 is 0 Å². The van der Waals surface area contributed by atoms with Gasteiger partial charge in [0.2, 0.25) is 0 Å². The van der Waals surface area contributed by atoms with Crippen LogP contribution in [0.5, 0.6) is 0 Å². The lowest BCUT2D eigenvalue weighted by atomic mass is 10.2. The van der Waals surface area contributed by atoms with Crippen LogP contribution in [0, 0.1) is 0 Å². The van der Waals surface area contributed by atoms with Crippen molar-refractivity contribution in [3.63, 3.8) is 0 Å². The summed E-state index contributed by atoms with van der Waals surface area (Å²) in [5.74, 6) is -0.415. The number of pyridine rings is 2. The predicted octanol–water partition coefficient (Wildman–Crippen LogP) is 3.22. The highest BCUT2D eigenvalue weighted by atomic mass is 79.9. The quantitative estimate of drug-likeness (QED) is 0.641. The fourth-order valence-electron chi connectivity index (χ4n) is 1.55. The molecule has 0 aliphatic rings. The van der Waals surface area contributed by atoms with Gasteiger partial charge in [0.15, 0.2) is 0 Å². The molecule has 0 radical (unpaired) electrons. The Hall–Kier alpha value is -1.75. The first-order valence-electron chi connectivity index (χ1n) is 5.90. The molecule has 0 aromatic carbocycles.